The molecule has 0 saturated heterocycles. The molecule has 1 N–H and O–H groups in total. The van der Waals surface area contributed by atoms with Gasteiger partial charge in [-0.2, -0.15) is 4.98 Å². The normalized spacial score (nSPS) is 17.4. The van der Waals surface area contributed by atoms with E-state index in [1.54, 1.807) is 25.3 Å². The fraction of sp³-hybridized carbons (Fsp3) is 0.421. The maximum atomic E-state index is 12.4. The van der Waals surface area contributed by atoms with Gasteiger partial charge >= 0.3 is 0 Å². The number of likely N-dealkylation sites (N-methyl/N-ethyl adjacent to an activating group) is 1. The predicted octanol–water partition coefficient (Wildman–Crippen LogP) is 2.95. The molecule has 2 aliphatic rings. The molecule has 1 aromatic heterocycles. The standard InChI is InChI=1S/C19H23N5O2/c1-23-16-11-20-19(21-13-7-9-15(26-2)10-8-13)22-18(16)24(12-17(23)25)14-5-3-4-6-14/h7-11,14H,3-6,12H2,1-2H3,(H,20,21,22). The number of carbonyl (C=O) groups is 1. The zero-order chi connectivity index (χ0) is 18.1. The van der Waals surface area contributed by atoms with Crippen molar-refractivity contribution >= 4 is 29.0 Å². The summed E-state index contributed by atoms with van der Waals surface area (Å²) in [6, 6.07) is 8.00. The Bertz CT molecular complexity index is 802. The Balaban J connectivity index is 1.64. The Kier molecular flexibility index (Phi) is 4.36. The molecule has 0 radical (unpaired) electrons. The summed E-state index contributed by atoms with van der Waals surface area (Å²) in [5.74, 6) is 2.25. The third-order valence-corrected chi connectivity index (χ3v) is 5.17. The van der Waals surface area contributed by atoms with Crippen LogP contribution in [0.3, 0.4) is 0 Å². The Labute approximate surface area is 153 Å². The van der Waals surface area contributed by atoms with Gasteiger partial charge in [-0.3, -0.25) is 4.79 Å². The largest absolute Gasteiger partial charge is 0.497 e. The van der Waals surface area contributed by atoms with Gasteiger partial charge in [0.05, 0.1) is 19.9 Å². The van der Waals surface area contributed by atoms with Crippen LogP contribution >= 0.6 is 0 Å². The summed E-state index contributed by atoms with van der Waals surface area (Å²) in [7, 11) is 3.43. The maximum absolute atomic E-state index is 12.4. The summed E-state index contributed by atoms with van der Waals surface area (Å²) in [4.78, 5) is 25.3. The minimum atomic E-state index is 0.0869. The average Bonchev–Trinajstić information content (AvgIpc) is 3.20. The van der Waals surface area contributed by atoms with E-state index in [-0.39, 0.29) is 5.91 Å². The van der Waals surface area contributed by atoms with Gasteiger partial charge in [-0.15, -0.1) is 0 Å². The summed E-state index contributed by atoms with van der Waals surface area (Å²) >= 11 is 0. The van der Waals surface area contributed by atoms with Gasteiger partial charge in [-0.05, 0) is 37.1 Å². The van der Waals surface area contributed by atoms with Crippen LogP contribution in [0.1, 0.15) is 25.7 Å². The molecule has 26 heavy (non-hydrogen) atoms. The quantitative estimate of drug-likeness (QED) is 0.911. The number of fused-ring (bicyclic) bond motifs is 1. The molecule has 2 aromatic rings. The van der Waals surface area contributed by atoms with Crippen molar-refractivity contribution in [3.05, 3.63) is 30.5 Å². The number of ether oxygens (including phenoxy) is 1. The number of hydrogen-bond acceptors (Lipinski definition) is 6. The molecule has 1 aliphatic carbocycles. The highest BCUT2D eigenvalue weighted by atomic mass is 16.5. The number of methoxy groups -OCH3 is 1. The number of rotatable bonds is 4. The minimum Gasteiger partial charge on any atom is -0.497 e. The Hall–Kier alpha value is -2.83. The summed E-state index contributed by atoms with van der Waals surface area (Å²) in [6.45, 7) is 0.382. The van der Waals surface area contributed by atoms with Crippen LogP contribution in [-0.2, 0) is 4.79 Å². The summed E-state index contributed by atoms with van der Waals surface area (Å²) in [6.07, 6.45) is 6.38. The molecule has 136 valence electrons. The van der Waals surface area contributed by atoms with Crippen molar-refractivity contribution < 1.29 is 9.53 Å². The van der Waals surface area contributed by atoms with Crippen molar-refractivity contribution in [2.45, 2.75) is 31.7 Å². The van der Waals surface area contributed by atoms with Crippen molar-refractivity contribution in [2.24, 2.45) is 0 Å². The lowest BCUT2D eigenvalue weighted by molar-refractivity contribution is -0.117. The number of carbonyl (C=O) groups excluding carboxylic acids is 1. The Morgan fingerprint density at radius 1 is 1.19 bits per heavy atom. The minimum absolute atomic E-state index is 0.0869. The first-order valence-corrected chi connectivity index (χ1v) is 8.97. The lowest BCUT2D eigenvalue weighted by Gasteiger charge is -2.37. The smallest absolute Gasteiger partial charge is 0.246 e. The summed E-state index contributed by atoms with van der Waals surface area (Å²) in [5.41, 5.74) is 1.66. The highest BCUT2D eigenvalue weighted by molar-refractivity contribution is 6.02. The van der Waals surface area contributed by atoms with Gasteiger partial charge in [0.15, 0.2) is 5.82 Å². The molecule has 7 nitrogen and oxygen atoms in total. The number of aromatic nitrogens is 2. The topological polar surface area (TPSA) is 70.6 Å². The highest BCUT2D eigenvalue weighted by Gasteiger charge is 2.34. The lowest BCUT2D eigenvalue weighted by atomic mass is 10.1. The SMILES string of the molecule is COc1ccc(Nc2ncc3c(n2)N(C2CCCC2)CC(=O)N3C)cc1. The summed E-state index contributed by atoms with van der Waals surface area (Å²) in [5, 5.41) is 3.23. The van der Waals surface area contributed by atoms with E-state index in [4.69, 9.17) is 9.72 Å². The number of benzene rings is 1. The van der Waals surface area contributed by atoms with Gasteiger partial charge < -0.3 is 19.9 Å². The van der Waals surface area contributed by atoms with E-state index >= 15 is 0 Å². The van der Waals surface area contributed by atoms with E-state index in [1.807, 2.05) is 24.3 Å². The Morgan fingerprint density at radius 2 is 1.92 bits per heavy atom. The molecule has 7 heteroatoms. The van der Waals surface area contributed by atoms with Crippen LogP contribution in [0.15, 0.2) is 30.5 Å². The molecule has 1 aliphatic heterocycles. The third kappa shape index (κ3) is 3.05. The molecule has 2 heterocycles. The van der Waals surface area contributed by atoms with Crippen molar-refractivity contribution in [2.75, 3.05) is 35.8 Å². The molecule has 0 spiro atoms. The van der Waals surface area contributed by atoms with E-state index in [0.717, 1.165) is 35.8 Å². The maximum Gasteiger partial charge on any atom is 0.246 e. The van der Waals surface area contributed by atoms with Gasteiger partial charge in [0.2, 0.25) is 11.9 Å². The van der Waals surface area contributed by atoms with Gasteiger partial charge in [-0.25, -0.2) is 4.98 Å². The zero-order valence-electron chi connectivity index (χ0n) is 15.1. The summed E-state index contributed by atoms with van der Waals surface area (Å²) < 4.78 is 5.18. The predicted molar refractivity (Wildman–Crippen MR) is 101 cm³/mol. The van der Waals surface area contributed by atoms with Crippen LogP contribution < -0.4 is 19.9 Å². The fourth-order valence-electron chi connectivity index (χ4n) is 3.66. The second kappa shape index (κ2) is 6.82. The molecular formula is C19H23N5O2. The number of amides is 1. The number of nitrogens with one attached hydrogen (secondary N) is 1. The van der Waals surface area contributed by atoms with Gasteiger partial charge in [0.25, 0.3) is 0 Å². The molecule has 0 atom stereocenters. The lowest BCUT2D eigenvalue weighted by Crippen LogP contribution is -2.48. The molecule has 0 unspecified atom stereocenters. The van der Waals surface area contributed by atoms with E-state index in [2.05, 4.69) is 15.2 Å². The van der Waals surface area contributed by atoms with Crippen LogP contribution in [0.2, 0.25) is 0 Å². The Morgan fingerprint density at radius 3 is 2.62 bits per heavy atom. The second-order valence-electron chi connectivity index (χ2n) is 6.77. The molecular weight excluding hydrogens is 330 g/mol. The van der Waals surface area contributed by atoms with Crippen LogP contribution in [0.5, 0.6) is 5.75 Å². The molecule has 1 fully saturated rings. The van der Waals surface area contributed by atoms with Crippen molar-refractivity contribution in [1.82, 2.24) is 9.97 Å². The van der Waals surface area contributed by atoms with Crippen LogP contribution in [0.4, 0.5) is 23.1 Å². The van der Waals surface area contributed by atoms with Crippen molar-refractivity contribution in [3.8, 4) is 5.75 Å². The first-order valence-electron chi connectivity index (χ1n) is 8.97. The second-order valence-corrected chi connectivity index (χ2v) is 6.77. The molecule has 1 amide bonds. The van der Waals surface area contributed by atoms with E-state index < -0.39 is 0 Å². The van der Waals surface area contributed by atoms with Crippen LogP contribution in [0.25, 0.3) is 0 Å². The van der Waals surface area contributed by atoms with Gasteiger partial charge in [0.1, 0.15) is 11.4 Å². The first-order chi connectivity index (χ1) is 12.7. The monoisotopic (exact) mass is 353 g/mol. The average molecular weight is 353 g/mol. The number of hydrogen-bond donors (Lipinski definition) is 1. The third-order valence-electron chi connectivity index (χ3n) is 5.17. The van der Waals surface area contributed by atoms with Crippen LogP contribution in [0, 0.1) is 0 Å². The highest BCUT2D eigenvalue weighted by Crippen LogP contribution is 2.36. The molecule has 0 bridgehead atoms. The molecule has 1 aromatic carbocycles. The fourth-order valence-corrected chi connectivity index (χ4v) is 3.66. The number of anilines is 4. The van der Waals surface area contributed by atoms with E-state index in [9.17, 15) is 4.79 Å². The zero-order valence-corrected chi connectivity index (χ0v) is 15.1. The molecule has 4 rings (SSSR count). The first kappa shape index (κ1) is 16.6. The van der Waals surface area contributed by atoms with Crippen molar-refractivity contribution in [3.63, 3.8) is 0 Å². The van der Waals surface area contributed by atoms with Crippen LogP contribution in [-0.4, -0.2) is 42.6 Å². The van der Waals surface area contributed by atoms with Gasteiger partial charge in [-0.1, -0.05) is 12.8 Å². The number of nitrogens with zero attached hydrogens (tertiary/aromatic N) is 4. The van der Waals surface area contributed by atoms with E-state index in [0.29, 0.717) is 18.5 Å². The van der Waals surface area contributed by atoms with Gasteiger partial charge in [0, 0.05) is 18.8 Å². The van der Waals surface area contributed by atoms with Crippen molar-refractivity contribution in [1.29, 1.82) is 0 Å². The molecule has 1 saturated carbocycles. The van der Waals surface area contributed by atoms with E-state index in [1.165, 1.54) is 12.8 Å².